The molecule has 2 heterocycles. The summed E-state index contributed by atoms with van der Waals surface area (Å²) in [4.78, 5) is 6.50. The number of hydrogen-bond donors (Lipinski definition) is 1. The van der Waals surface area contributed by atoms with E-state index in [4.69, 9.17) is 0 Å². The van der Waals surface area contributed by atoms with Crippen LogP contribution in [0.15, 0.2) is 11.4 Å². The molecule has 0 aromatic carbocycles. The third-order valence-corrected chi connectivity index (χ3v) is 5.70. The highest BCUT2D eigenvalue weighted by molar-refractivity contribution is 7.10. The fourth-order valence-electron chi connectivity index (χ4n) is 2.85. The molecule has 1 aliphatic rings. The molecule has 1 fully saturated rings. The van der Waals surface area contributed by atoms with Gasteiger partial charge in [-0.15, -0.1) is 11.3 Å². The average Bonchev–Trinajstić information content (AvgIpc) is 2.83. The van der Waals surface area contributed by atoms with Crippen LogP contribution in [0.3, 0.4) is 0 Å². The Morgan fingerprint density at radius 2 is 1.95 bits per heavy atom. The molecule has 0 radical (unpaired) electrons. The molecule has 0 saturated carbocycles. The Kier molecular flexibility index (Phi) is 5.24. The van der Waals surface area contributed by atoms with Crippen molar-refractivity contribution in [3.05, 3.63) is 21.9 Å². The van der Waals surface area contributed by atoms with Crippen LogP contribution in [0.1, 0.15) is 37.3 Å². The molecule has 1 saturated heterocycles. The third-order valence-electron chi connectivity index (χ3n) is 4.50. The number of likely N-dealkylation sites (N-methyl/N-ethyl adjacent to an activating group) is 1. The van der Waals surface area contributed by atoms with Crippen LogP contribution in [0.25, 0.3) is 0 Å². The summed E-state index contributed by atoms with van der Waals surface area (Å²) in [7, 11) is 2.21. The van der Waals surface area contributed by atoms with E-state index in [1.807, 2.05) is 11.3 Å². The molecule has 1 aliphatic heterocycles. The summed E-state index contributed by atoms with van der Waals surface area (Å²) in [6.45, 7) is 15.0. The zero-order valence-electron chi connectivity index (χ0n) is 13.6. The molecule has 20 heavy (non-hydrogen) atoms. The molecule has 0 bridgehead atoms. The van der Waals surface area contributed by atoms with Gasteiger partial charge in [-0.1, -0.05) is 0 Å². The van der Waals surface area contributed by atoms with E-state index in [-0.39, 0.29) is 5.54 Å². The van der Waals surface area contributed by atoms with Crippen molar-refractivity contribution in [3.63, 3.8) is 0 Å². The molecule has 1 atom stereocenters. The lowest BCUT2D eigenvalue weighted by Gasteiger charge is -2.43. The van der Waals surface area contributed by atoms with Crippen LogP contribution in [0.5, 0.6) is 0 Å². The van der Waals surface area contributed by atoms with Crippen LogP contribution < -0.4 is 5.32 Å². The molecule has 1 unspecified atom stereocenters. The van der Waals surface area contributed by atoms with Crippen molar-refractivity contribution in [2.75, 3.05) is 39.8 Å². The van der Waals surface area contributed by atoms with E-state index in [1.54, 1.807) is 0 Å². The SMILES string of the molecule is Cc1ccsc1C(C)NCC(C)(C)N1CCN(C)CC1. The molecule has 1 aromatic rings. The largest absolute Gasteiger partial charge is 0.308 e. The predicted molar refractivity (Wildman–Crippen MR) is 88.6 cm³/mol. The smallest absolute Gasteiger partial charge is 0.0389 e. The van der Waals surface area contributed by atoms with Gasteiger partial charge in [-0.3, -0.25) is 4.90 Å². The first-order valence-corrected chi connectivity index (χ1v) is 8.49. The Hall–Kier alpha value is -0.420. The highest BCUT2D eigenvalue weighted by Gasteiger charge is 2.29. The van der Waals surface area contributed by atoms with Gasteiger partial charge in [0, 0.05) is 49.2 Å². The van der Waals surface area contributed by atoms with E-state index in [2.05, 4.69) is 61.3 Å². The van der Waals surface area contributed by atoms with Crippen molar-refractivity contribution >= 4 is 11.3 Å². The predicted octanol–water partition coefficient (Wildman–Crippen LogP) is 2.73. The number of aryl methyl sites for hydroxylation is 1. The Balaban J connectivity index is 1.87. The monoisotopic (exact) mass is 295 g/mol. The Bertz CT molecular complexity index is 419. The van der Waals surface area contributed by atoms with E-state index in [9.17, 15) is 0 Å². The van der Waals surface area contributed by atoms with Crippen molar-refractivity contribution in [1.82, 2.24) is 15.1 Å². The third kappa shape index (κ3) is 3.82. The van der Waals surface area contributed by atoms with Gasteiger partial charge in [-0.25, -0.2) is 0 Å². The lowest BCUT2D eigenvalue weighted by Crippen LogP contribution is -2.57. The van der Waals surface area contributed by atoms with Gasteiger partial charge in [0.05, 0.1) is 0 Å². The fourth-order valence-corrected chi connectivity index (χ4v) is 3.81. The Morgan fingerprint density at radius 1 is 1.30 bits per heavy atom. The van der Waals surface area contributed by atoms with Crippen molar-refractivity contribution < 1.29 is 0 Å². The maximum atomic E-state index is 3.73. The first-order chi connectivity index (χ1) is 9.40. The van der Waals surface area contributed by atoms with Crippen LogP contribution in [-0.2, 0) is 0 Å². The van der Waals surface area contributed by atoms with Crippen molar-refractivity contribution in [2.24, 2.45) is 0 Å². The second kappa shape index (κ2) is 6.56. The topological polar surface area (TPSA) is 18.5 Å². The highest BCUT2D eigenvalue weighted by Crippen LogP contribution is 2.24. The first-order valence-electron chi connectivity index (χ1n) is 7.61. The minimum absolute atomic E-state index is 0.223. The van der Waals surface area contributed by atoms with Gasteiger partial charge in [0.2, 0.25) is 0 Å². The van der Waals surface area contributed by atoms with Gasteiger partial charge >= 0.3 is 0 Å². The average molecular weight is 295 g/mol. The van der Waals surface area contributed by atoms with Crippen LogP contribution in [-0.4, -0.2) is 55.1 Å². The normalized spacial score (nSPS) is 20.2. The number of rotatable bonds is 5. The number of nitrogens with one attached hydrogen (secondary N) is 1. The molecule has 1 aromatic heterocycles. The van der Waals surface area contributed by atoms with Crippen molar-refractivity contribution in [2.45, 2.75) is 39.3 Å². The molecule has 1 N–H and O–H groups in total. The zero-order chi connectivity index (χ0) is 14.8. The molecule has 0 spiro atoms. The summed E-state index contributed by atoms with van der Waals surface area (Å²) in [5.41, 5.74) is 1.63. The molecular weight excluding hydrogens is 266 g/mol. The van der Waals surface area contributed by atoms with E-state index in [1.165, 1.54) is 36.6 Å². The molecule has 2 rings (SSSR count). The van der Waals surface area contributed by atoms with Crippen molar-refractivity contribution in [3.8, 4) is 0 Å². The summed E-state index contributed by atoms with van der Waals surface area (Å²) in [5, 5.41) is 5.92. The van der Waals surface area contributed by atoms with Gasteiger partial charge in [-0.2, -0.15) is 0 Å². The van der Waals surface area contributed by atoms with Crippen LogP contribution in [0.2, 0.25) is 0 Å². The highest BCUT2D eigenvalue weighted by atomic mass is 32.1. The molecule has 3 nitrogen and oxygen atoms in total. The molecule has 0 amide bonds. The lowest BCUT2D eigenvalue weighted by molar-refractivity contribution is 0.0605. The Morgan fingerprint density at radius 3 is 2.50 bits per heavy atom. The number of piperazine rings is 1. The quantitative estimate of drug-likeness (QED) is 0.901. The van der Waals surface area contributed by atoms with Crippen molar-refractivity contribution in [1.29, 1.82) is 0 Å². The molecule has 0 aliphatic carbocycles. The second-order valence-electron chi connectivity index (χ2n) is 6.67. The van der Waals surface area contributed by atoms with Gasteiger partial charge in [-0.05, 0) is 51.8 Å². The minimum atomic E-state index is 0.223. The van der Waals surface area contributed by atoms with Crippen LogP contribution in [0, 0.1) is 6.92 Å². The maximum absolute atomic E-state index is 3.73. The van der Waals surface area contributed by atoms with E-state index < -0.39 is 0 Å². The van der Waals surface area contributed by atoms with Crippen LogP contribution >= 0.6 is 11.3 Å². The number of hydrogen-bond acceptors (Lipinski definition) is 4. The summed E-state index contributed by atoms with van der Waals surface area (Å²) < 4.78 is 0. The Labute approximate surface area is 128 Å². The fraction of sp³-hybridized carbons (Fsp3) is 0.750. The molecule has 4 heteroatoms. The molecular formula is C16H29N3S. The number of thiophene rings is 1. The van der Waals surface area contributed by atoms with E-state index in [0.29, 0.717) is 6.04 Å². The summed E-state index contributed by atoms with van der Waals surface area (Å²) in [6.07, 6.45) is 0. The summed E-state index contributed by atoms with van der Waals surface area (Å²) in [6, 6.07) is 2.66. The lowest BCUT2D eigenvalue weighted by atomic mass is 10.0. The maximum Gasteiger partial charge on any atom is 0.0389 e. The number of nitrogens with zero attached hydrogens (tertiary/aromatic N) is 2. The minimum Gasteiger partial charge on any atom is -0.308 e. The van der Waals surface area contributed by atoms with Crippen LogP contribution in [0.4, 0.5) is 0 Å². The summed E-state index contributed by atoms with van der Waals surface area (Å²) >= 11 is 1.86. The van der Waals surface area contributed by atoms with E-state index in [0.717, 1.165) is 6.54 Å². The first kappa shape index (κ1) is 16.0. The summed E-state index contributed by atoms with van der Waals surface area (Å²) in [5.74, 6) is 0. The van der Waals surface area contributed by atoms with Gasteiger partial charge in [0.25, 0.3) is 0 Å². The van der Waals surface area contributed by atoms with Gasteiger partial charge < -0.3 is 10.2 Å². The van der Waals surface area contributed by atoms with Gasteiger partial charge in [0.15, 0.2) is 0 Å². The second-order valence-corrected chi connectivity index (χ2v) is 7.62. The molecule has 114 valence electrons. The van der Waals surface area contributed by atoms with Gasteiger partial charge in [0.1, 0.15) is 0 Å². The standard InChI is InChI=1S/C16H29N3S/c1-13-6-11-20-15(13)14(2)17-12-16(3,4)19-9-7-18(5)8-10-19/h6,11,14,17H,7-10,12H2,1-5H3. The zero-order valence-corrected chi connectivity index (χ0v) is 14.4. The van der Waals surface area contributed by atoms with E-state index >= 15 is 0 Å².